The summed E-state index contributed by atoms with van der Waals surface area (Å²) >= 11 is 0. The standard InChI is InChI=1S/C14H19NO2.ClH/c1-11(16)13-6-2-3-7-14(13)17-10-12-5-4-8-15-9-12;/h2-3,6-7,12,15H,4-5,8-10H2,1H3;1H. The van der Waals surface area contributed by atoms with E-state index in [4.69, 9.17) is 4.74 Å². The van der Waals surface area contributed by atoms with Crippen molar-refractivity contribution in [3.8, 4) is 5.75 Å². The van der Waals surface area contributed by atoms with Gasteiger partial charge in [-0.25, -0.2) is 0 Å². The molecule has 1 aliphatic rings. The molecule has 0 aliphatic carbocycles. The molecule has 1 aromatic rings. The number of nitrogens with one attached hydrogen (secondary N) is 1. The fourth-order valence-corrected chi connectivity index (χ4v) is 2.16. The zero-order chi connectivity index (χ0) is 12.1. The van der Waals surface area contributed by atoms with Crippen molar-refractivity contribution in [3.63, 3.8) is 0 Å². The van der Waals surface area contributed by atoms with Crippen molar-refractivity contribution in [1.82, 2.24) is 5.32 Å². The zero-order valence-corrected chi connectivity index (χ0v) is 11.5. The summed E-state index contributed by atoms with van der Waals surface area (Å²) in [7, 11) is 0. The average Bonchev–Trinajstić information content (AvgIpc) is 2.38. The highest BCUT2D eigenvalue weighted by molar-refractivity contribution is 5.96. The SMILES string of the molecule is CC(=O)c1ccccc1OCC1CCCNC1.Cl. The van der Waals surface area contributed by atoms with Crippen LogP contribution >= 0.6 is 12.4 Å². The van der Waals surface area contributed by atoms with Crippen LogP contribution in [0.15, 0.2) is 24.3 Å². The van der Waals surface area contributed by atoms with Crippen LogP contribution in [0.25, 0.3) is 0 Å². The molecule has 1 aromatic carbocycles. The highest BCUT2D eigenvalue weighted by atomic mass is 35.5. The average molecular weight is 270 g/mol. The molecule has 0 radical (unpaired) electrons. The van der Waals surface area contributed by atoms with Gasteiger partial charge < -0.3 is 10.1 Å². The Balaban J connectivity index is 0.00000162. The Hall–Kier alpha value is -1.06. The molecule has 0 amide bonds. The molecule has 1 fully saturated rings. The van der Waals surface area contributed by atoms with Crippen LogP contribution in [0.4, 0.5) is 0 Å². The molecule has 2 rings (SSSR count). The third-order valence-corrected chi connectivity index (χ3v) is 3.14. The molecule has 0 bridgehead atoms. The van der Waals surface area contributed by atoms with Gasteiger partial charge in [0.2, 0.25) is 0 Å². The van der Waals surface area contributed by atoms with Crippen LogP contribution in [0.2, 0.25) is 0 Å². The molecule has 1 aliphatic heterocycles. The third-order valence-electron chi connectivity index (χ3n) is 3.14. The van der Waals surface area contributed by atoms with Gasteiger partial charge in [-0.2, -0.15) is 0 Å². The lowest BCUT2D eigenvalue weighted by molar-refractivity contribution is 0.101. The van der Waals surface area contributed by atoms with Crippen molar-refractivity contribution in [2.75, 3.05) is 19.7 Å². The predicted molar refractivity (Wildman–Crippen MR) is 74.8 cm³/mol. The highest BCUT2D eigenvalue weighted by Crippen LogP contribution is 2.20. The van der Waals surface area contributed by atoms with E-state index < -0.39 is 0 Å². The summed E-state index contributed by atoms with van der Waals surface area (Å²) < 4.78 is 5.78. The predicted octanol–water partition coefficient (Wildman–Crippen LogP) is 2.69. The van der Waals surface area contributed by atoms with Gasteiger partial charge in [0.1, 0.15) is 5.75 Å². The van der Waals surface area contributed by atoms with Crippen LogP contribution in [0.5, 0.6) is 5.75 Å². The van der Waals surface area contributed by atoms with Crippen LogP contribution < -0.4 is 10.1 Å². The molecular weight excluding hydrogens is 250 g/mol. The van der Waals surface area contributed by atoms with E-state index in [1.807, 2.05) is 24.3 Å². The van der Waals surface area contributed by atoms with Gasteiger partial charge in [-0.15, -0.1) is 12.4 Å². The first-order chi connectivity index (χ1) is 8.27. The Labute approximate surface area is 114 Å². The van der Waals surface area contributed by atoms with Gasteiger partial charge >= 0.3 is 0 Å². The third kappa shape index (κ3) is 4.00. The smallest absolute Gasteiger partial charge is 0.163 e. The molecule has 0 saturated carbocycles. The molecule has 0 spiro atoms. The summed E-state index contributed by atoms with van der Waals surface area (Å²) in [5.41, 5.74) is 0.677. The first-order valence-corrected chi connectivity index (χ1v) is 6.21. The first-order valence-electron chi connectivity index (χ1n) is 6.21. The lowest BCUT2D eigenvalue weighted by atomic mass is 10.0. The Morgan fingerprint density at radius 1 is 1.44 bits per heavy atom. The van der Waals surface area contributed by atoms with Gasteiger partial charge in [0.05, 0.1) is 12.2 Å². The summed E-state index contributed by atoms with van der Waals surface area (Å²) in [6, 6.07) is 7.45. The number of carbonyl (C=O) groups is 1. The molecular formula is C14H20ClNO2. The number of carbonyl (C=O) groups excluding carboxylic acids is 1. The van der Waals surface area contributed by atoms with Crippen molar-refractivity contribution < 1.29 is 9.53 Å². The number of ether oxygens (including phenoxy) is 1. The van der Waals surface area contributed by atoms with Gasteiger partial charge in [0.25, 0.3) is 0 Å². The Morgan fingerprint density at radius 3 is 2.89 bits per heavy atom. The summed E-state index contributed by atoms with van der Waals surface area (Å²) in [5, 5.41) is 3.36. The lowest BCUT2D eigenvalue weighted by Crippen LogP contribution is -2.33. The van der Waals surface area contributed by atoms with E-state index in [-0.39, 0.29) is 18.2 Å². The van der Waals surface area contributed by atoms with Gasteiger partial charge in [0.15, 0.2) is 5.78 Å². The molecule has 18 heavy (non-hydrogen) atoms. The molecule has 100 valence electrons. The van der Waals surface area contributed by atoms with Crippen LogP contribution in [-0.4, -0.2) is 25.5 Å². The van der Waals surface area contributed by atoms with Crippen LogP contribution in [0, 0.1) is 5.92 Å². The van der Waals surface area contributed by atoms with E-state index in [1.54, 1.807) is 6.92 Å². The molecule has 1 heterocycles. The molecule has 1 N–H and O–H groups in total. The Bertz CT molecular complexity index is 389. The number of ketones is 1. The van der Waals surface area contributed by atoms with Crippen molar-refractivity contribution in [1.29, 1.82) is 0 Å². The monoisotopic (exact) mass is 269 g/mol. The van der Waals surface area contributed by atoms with E-state index in [0.717, 1.165) is 13.1 Å². The van der Waals surface area contributed by atoms with E-state index in [1.165, 1.54) is 12.8 Å². The van der Waals surface area contributed by atoms with Crippen LogP contribution in [0.3, 0.4) is 0 Å². The molecule has 1 unspecified atom stereocenters. The molecule has 3 nitrogen and oxygen atoms in total. The molecule has 1 saturated heterocycles. The maximum atomic E-state index is 11.4. The number of rotatable bonds is 4. The number of Topliss-reactive ketones (excluding diaryl/α,β-unsaturated/α-hetero) is 1. The van der Waals surface area contributed by atoms with Crippen molar-refractivity contribution in [2.45, 2.75) is 19.8 Å². The van der Waals surface area contributed by atoms with Gasteiger partial charge in [-0.05, 0) is 38.4 Å². The van der Waals surface area contributed by atoms with E-state index >= 15 is 0 Å². The van der Waals surface area contributed by atoms with Gasteiger partial charge in [-0.1, -0.05) is 12.1 Å². The molecule has 4 heteroatoms. The summed E-state index contributed by atoms with van der Waals surface area (Å²) in [6.07, 6.45) is 2.41. The zero-order valence-electron chi connectivity index (χ0n) is 10.6. The number of benzene rings is 1. The maximum absolute atomic E-state index is 11.4. The van der Waals surface area contributed by atoms with E-state index in [2.05, 4.69) is 5.32 Å². The highest BCUT2D eigenvalue weighted by Gasteiger charge is 2.15. The largest absolute Gasteiger partial charge is 0.492 e. The van der Waals surface area contributed by atoms with Crippen molar-refractivity contribution >= 4 is 18.2 Å². The molecule has 0 aromatic heterocycles. The number of halogens is 1. The minimum Gasteiger partial charge on any atom is -0.492 e. The fraction of sp³-hybridized carbons (Fsp3) is 0.500. The van der Waals surface area contributed by atoms with Crippen LogP contribution in [0.1, 0.15) is 30.1 Å². The quantitative estimate of drug-likeness (QED) is 0.854. The second-order valence-corrected chi connectivity index (χ2v) is 4.58. The van der Waals surface area contributed by atoms with E-state index in [0.29, 0.717) is 23.8 Å². The fourth-order valence-electron chi connectivity index (χ4n) is 2.16. The Morgan fingerprint density at radius 2 is 2.22 bits per heavy atom. The van der Waals surface area contributed by atoms with Gasteiger partial charge in [0, 0.05) is 12.5 Å². The number of para-hydroxylation sites is 1. The summed E-state index contributed by atoms with van der Waals surface area (Å²) in [6.45, 7) is 4.39. The lowest BCUT2D eigenvalue weighted by Gasteiger charge is -2.23. The van der Waals surface area contributed by atoms with Crippen molar-refractivity contribution in [3.05, 3.63) is 29.8 Å². The number of hydrogen-bond donors (Lipinski definition) is 1. The number of piperidine rings is 1. The number of hydrogen-bond acceptors (Lipinski definition) is 3. The molecule has 1 atom stereocenters. The maximum Gasteiger partial charge on any atom is 0.163 e. The van der Waals surface area contributed by atoms with Crippen LogP contribution in [-0.2, 0) is 0 Å². The minimum absolute atomic E-state index is 0. The second kappa shape index (κ2) is 7.39. The summed E-state index contributed by atoms with van der Waals surface area (Å²) in [5.74, 6) is 1.33. The normalized spacial score (nSPS) is 18.8. The van der Waals surface area contributed by atoms with Crippen molar-refractivity contribution in [2.24, 2.45) is 5.92 Å². The summed E-state index contributed by atoms with van der Waals surface area (Å²) in [4.78, 5) is 11.4. The Kier molecular flexibility index (Phi) is 6.16. The van der Waals surface area contributed by atoms with Gasteiger partial charge in [-0.3, -0.25) is 4.79 Å². The van der Waals surface area contributed by atoms with E-state index in [9.17, 15) is 4.79 Å². The second-order valence-electron chi connectivity index (χ2n) is 4.58. The minimum atomic E-state index is 0. The first kappa shape index (κ1) is 15.0. The topological polar surface area (TPSA) is 38.3 Å².